The molecule has 3 amide bonds. The molecule has 39 heavy (non-hydrogen) atoms. The maximum atomic E-state index is 14.1. The molecule has 0 saturated heterocycles. The van der Waals surface area contributed by atoms with E-state index >= 15 is 0 Å². The van der Waals surface area contributed by atoms with Gasteiger partial charge < -0.3 is 30.5 Å². The Bertz CT molecular complexity index is 1080. The van der Waals surface area contributed by atoms with Crippen LogP contribution in [0.2, 0.25) is 0 Å². The topological polar surface area (TPSA) is 128 Å². The van der Waals surface area contributed by atoms with Crippen LogP contribution in [-0.4, -0.2) is 57.8 Å². The highest BCUT2D eigenvalue weighted by Gasteiger charge is 2.36. The lowest BCUT2D eigenvalue weighted by atomic mass is 9.99. The summed E-state index contributed by atoms with van der Waals surface area (Å²) in [6.07, 6.45) is 2.69. The van der Waals surface area contributed by atoms with Crippen molar-refractivity contribution in [1.82, 2.24) is 15.5 Å². The standard InChI is InChI=1S/C30H43N3O6/c1-6-8-9-17-31-27(36)26(22-11-10-12-24(35)20-22)33(18-7-2)28(37)25(32-29(38)39-30(3,4)5)19-21-13-15-23(34)16-14-21/h10-16,20,25-26,34-35H,6-9,17-19H2,1-5H3,(H,31,36)(H,32,38). The van der Waals surface area contributed by atoms with E-state index in [0.29, 0.717) is 24.1 Å². The SMILES string of the molecule is CCCCCNC(=O)C(c1cccc(O)c1)N(CCC)C(=O)C(Cc1ccc(O)cc1)NC(=O)OC(C)(C)C. The number of unbranched alkanes of at least 4 members (excludes halogenated alkanes) is 2. The summed E-state index contributed by atoms with van der Waals surface area (Å²) >= 11 is 0. The number of hydrogen-bond acceptors (Lipinski definition) is 6. The number of alkyl carbamates (subject to hydrolysis) is 1. The first-order valence-corrected chi connectivity index (χ1v) is 13.6. The van der Waals surface area contributed by atoms with E-state index in [4.69, 9.17) is 4.74 Å². The maximum absolute atomic E-state index is 14.1. The second-order valence-electron chi connectivity index (χ2n) is 10.6. The number of phenolic OH excluding ortho intramolecular Hbond substituents is 2. The van der Waals surface area contributed by atoms with Gasteiger partial charge in [0.1, 0.15) is 29.2 Å². The Morgan fingerprint density at radius 3 is 2.23 bits per heavy atom. The third kappa shape index (κ3) is 10.5. The highest BCUT2D eigenvalue weighted by Crippen LogP contribution is 2.26. The van der Waals surface area contributed by atoms with Gasteiger partial charge in [-0.2, -0.15) is 0 Å². The number of benzene rings is 2. The summed E-state index contributed by atoms with van der Waals surface area (Å²) in [6.45, 7) is 9.86. The molecule has 2 rings (SSSR count). The first kappa shape index (κ1) is 31.5. The molecule has 9 heteroatoms. The summed E-state index contributed by atoms with van der Waals surface area (Å²) in [6, 6.07) is 10.6. The van der Waals surface area contributed by atoms with Crippen LogP contribution in [0.5, 0.6) is 11.5 Å². The third-order valence-corrected chi connectivity index (χ3v) is 5.94. The van der Waals surface area contributed by atoms with Gasteiger partial charge in [0.15, 0.2) is 0 Å². The van der Waals surface area contributed by atoms with Crippen molar-refractivity contribution in [2.45, 2.75) is 84.4 Å². The third-order valence-electron chi connectivity index (χ3n) is 5.94. The summed E-state index contributed by atoms with van der Waals surface area (Å²) in [5.74, 6) is -0.766. The van der Waals surface area contributed by atoms with Gasteiger partial charge in [0.05, 0.1) is 0 Å². The van der Waals surface area contributed by atoms with Gasteiger partial charge in [-0.15, -0.1) is 0 Å². The zero-order valence-corrected chi connectivity index (χ0v) is 23.7. The number of carbonyl (C=O) groups excluding carboxylic acids is 3. The molecule has 0 saturated carbocycles. The summed E-state index contributed by atoms with van der Waals surface area (Å²) in [7, 11) is 0. The largest absolute Gasteiger partial charge is 0.508 e. The lowest BCUT2D eigenvalue weighted by Crippen LogP contribution is -2.54. The van der Waals surface area contributed by atoms with E-state index < -0.39 is 29.7 Å². The summed E-state index contributed by atoms with van der Waals surface area (Å²) in [4.78, 5) is 41.9. The molecule has 2 unspecified atom stereocenters. The minimum Gasteiger partial charge on any atom is -0.508 e. The lowest BCUT2D eigenvalue weighted by Gasteiger charge is -2.34. The number of nitrogens with one attached hydrogen (secondary N) is 2. The summed E-state index contributed by atoms with van der Waals surface area (Å²) < 4.78 is 5.43. The highest BCUT2D eigenvalue weighted by molar-refractivity contribution is 5.92. The highest BCUT2D eigenvalue weighted by atomic mass is 16.6. The second-order valence-corrected chi connectivity index (χ2v) is 10.6. The molecule has 214 valence electrons. The van der Waals surface area contributed by atoms with Crippen molar-refractivity contribution >= 4 is 17.9 Å². The van der Waals surface area contributed by atoms with Crippen molar-refractivity contribution in [3.8, 4) is 11.5 Å². The minimum absolute atomic E-state index is 0.0206. The normalized spacial score (nSPS) is 12.7. The first-order chi connectivity index (χ1) is 18.4. The van der Waals surface area contributed by atoms with Crippen molar-refractivity contribution < 1.29 is 29.3 Å². The number of hydrogen-bond donors (Lipinski definition) is 4. The molecule has 0 aliphatic heterocycles. The summed E-state index contributed by atoms with van der Waals surface area (Å²) in [5, 5.41) is 25.5. The average Bonchev–Trinajstić information content (AvgIpc) is 2.86. The lowest BCUT2D eigenvalue weighted by molar-refractivity contribution is -0.142. The Balaban J connectivity index is 2.47. The molecule has 0 radical (unpaired) electrons. The molecule has 0 fully saturated rings. The predicted molar refractivity (Wildman–Crippen MR) is 150 cm³/mol. The van der Waals surface area contributed by atoms with E-state index in [2.05, 4.69) is 17.6 Å². The van der Waals surface area contributed by atoms with Gasteiger partial charge in [-0.1, -0.05) is 51.0 Å². The molecular formula is C30H43N3O6. The average molecular weight is 542 g/mol. The van der Waals surface area contributed by atoms with Crippen molar-refractivity contribution in [1.29, 1.82) is 0 Å². The van der Waals surface area contributed by atoms with Gasteiger partial charge in [-0.05, 0) is 69.0 Å². The fraction of sp³-hybridized carbons (Fsp3) is 0.500. The van der Waals surface area contributed by atoms with Crippen LogP contribution in [0, 0.1) is 0 Å². The maximum Gasteiger partial charge on any atom is 0.408 e. The van der Waals surface area contributed by atoms with Gasteiger partial charge >= 0.3 is 6.09 Å². The predicted octanol–water partition coefficient (Wildman–Crippen LogP) is 4.82. The number of phenols is 2. The number of nitrogens with zero attached hydrogens (tertiary/aromatic N) is 1. The van der Waals surface area contributed by atoms with Gasteiger partial charge in [0, 0.05) is 19.5 Å². The van der Waals surface area contributed by atoms with E-state index in [-0.39, 0.29) is 30.4 Å². The Morgan fingerprint density at radius 2 is 1.64 bits per heavy atom. The van der Waals surface area contributed by atoms with Crippen LogP contribution in [0.1, 0.15) is 77.5 Å². The Morgan fingerprint density at radius 1 is 0.949 bits per heavy atom. The van der Waals surface area contributed by atoms with E-state index in [1.165, 1.54) is 29.2 Å². The molecular weight excluding hydrogens is 498 g/mol. The second kappa shape index (κ2) is 15.0. The van der Waals surface area contributed by atoms with Crippen LogP contribution in [-0.2, 0) is 20.7 Å². The zero-order valence-electron chi connectivity index (χ0n) is 23.7. The number of aromatic hydroxyl groups is 2. The van der Waals surface area contributed by atoms with Crippen molar-refractivity contribution in [2.24, 2.45) is 0 Å². The van der Waals surface area contributed by atoms with Crippen LogP contribution < -0.4 is 10.6 Å². The monoisotopic (exact) mass is 541 g/mol. The molecule has 0 aromatic heterocycles. The van der Waals surface area contributed by atoms with Crippen LogP contribution in [0.4, 0.5) is 4.79 Å². The number of carbonyl (C=O) groups is 3. The molecule has 0 aliphatic rings. The van der Waals surface area contributed by atoms with Crippen LogP contribution in [0.25, 0.3) is 0 Å². The smallest absolute Gasteiger partial charge is 0.408 e. The molecule has 2 aromatic carbocycles. The van der Waals surface area contributed by atoms with E-state index in [9.17, 15) is 24.6 Å². The van der Waals surface area contributed by atoms with E-state index in [0.717, 1.165) is 19.3 Å². The Kier molecular flexibility index (Phi) is 12.1. The Hall–Kier alpha value is -3.75. The van der Waals surface area contributed by atoms with Gasteiger partial charge in [-0.3, -0.25) is 9.59 Å². The van der Waals surface area contributed by atoms with Gasteiger partial charge in [-0.25, -0.2) is 4.79 Å². The van der Waals surface area contributed by atoms with Crippen LogP contribution >= 0.6 is 0 Å². The van der Waals surface area contributed by atoms with Crippen molar-refractivity contribution in [3.05, 3.63) is 59.7 Å². The van der Waals surface area contributed by atoms with E-state index in [1.807, 2.05) is 6.92 Å². The van der Waals surface area contributed by atoms with Crippen LogP contribution in [0.15, 0.2) is 48.5 Å². The molecule has 4 N–H and O–H groups in total. The van der Waals surface area contributed by atoms with Gasteiger partial charge in [0.25, 0.3) is 0 Å². The molecule has 0 spiro atoms. The van der Waals surface area contributed by atoms with Crippen LogP contribution in [0.3, 0.4) is 0 Å². The Labute approximate surface area is 231 Å². The zero-order chi connectivity index (χ0) is 29.0. The molecule has 0 heterocycles. The van der Waals surface area contributed by atoms with Crippen molar-refractivity contribution in [2.75, 3.05) is 13.1 Å². The van der Waals surface area contributed by atoms with Gasteiger partial charge in [0.2, 0.25) is 11.8 Å². The molecule has 0 aliphatic carbocycles. The molecule has 2 aromatic rings. The quantitative estimate of drug-likeness (QED) is 0.269. The van der Waals surface area contributed by atoms with E-state index in [1.54, 1.807) is 45.0 Å². The number of ether oxygens (including phenoxy) is 1. The molecule has 2 atom stereocenters. The number of amides is 3. The summed E-state index contributed by atoms with van der Waals surface area (Å²) in [5.41, 5.74) is 0.393. The fourth-order valence-corrected chi connectivity index (χ4v) is 4.18. The van der Waals surface area contributed by atoms with Crippen molar-refractivity contribution in [3.63, 3.8) is 0 Å². The number of rotatable bonds is 13. The fourth-order valence-electron chi connectivity index (χ4n) is 4.18. The molecule has 9 nitrogen and oxygen atoms in total. The minimum atomic E-state index is -1.05. The molecule has 0 bridgehead atoms. The first-order valence-electron chi connectivity index (χ1n) is 13.6.